The summed E-state index contributed by atoms with van der Waals surface area (Å²) < 4.78 is 10.5. The van der Waals surface area contributed by atoms with Crippen molar-refractivity contribution in [2.75, 3.05) is 20.3 Å². The van der Waals surface area contributed by atoms with Gasteiger partial charge in [0.25, 0.3) is 0 Å². The van der Waals surface area contributed by atoms with E-state index in [-0.39, 0.29) is 33.0 Å². The summed E-state index contributed by atoms with van der Waals surface area (Å²) in [6.07, 6.45) is 0. The Bertz CT molecular complexity index is 690. The Morgan fingerprint density at radius 2 is 1.79 bits per heavy atom. The van der Waals surface area contributed by atoms with Gasteiger partial charge >= 0.3 is 0 Å². The topological polar surface area (TPSA) is 35.5 Å². The molecule has 0 spiro atoms. The van der Waals surface area contributed by atoms with Gasteiger partial charge in [-0.15, -0.1) is 0 Å². The van der Waals surface area contributed by atoms with Crippen molar-refractivity contribution in [1.29, 1.82) is 0 Å². The maximum atomic E-state index is 12.5. The molecule has 1 radical (unpaired) electrons. The van der Waals surface area contributed by atoms with Crippen LogP contribution in [0.3, 0.4) is 0 Å². The van der Waals surface area contributed by atoms with Gasteiger partial charge in [0, 0.05) is 26.0 Å². The van der Waals surface area contributed by atoms with Crippen molar-refractivity contribution in [3.8, 4) is 5.75 Å². The smallest absolute Gasteiger partial charge is 0.188 e. The fourth-order valence-corrected chi connectivity index (χ4v) is 3.81. The number of ether oxygens (including phenoxy) is 2. The molecule has 7 heteroatoms. The van der Waals surface area contributed by atoms with Crippen molar-refractivity contribution in [2.45, 2.75) is 6.92 Å². The average molecular weight is 378 g/mol. The molecule has 0 fully saturated rings. The van der Waals surface area contributed by atoms with E-state index in [0.29, 0.717) is 28.8 Å². The van der Waals surface area contributed by atoms with Crippen molar-refractivity contribution >= 4 is 61.5 Å². The fraction of sp³-hybridized carbons (Fsp3) is 0.235. The minimum absolute atomic E-state index is 0. The van der Waals surface area contributed by atoms with Crippen LogP contribution in [0, 0.1) is 6.92 Å². The molecule has 1 atom stereocenters. The molecule has 0 aliphatic heterocycles. The normalized spacial score (nSPS) is 10.7. The zero-order valence-electron chi connectivity index (χ0n) is 13.9. The van der Waals surface area contributed by atoms with Gasteiger partial charge in [-0.2, -0.15) is 0 Å². The van der Waals surface area contributed by atoms with Crippen LogP contribution in [0.4, 0.5) is 0 Å². The van der Waals surface area contributed by atoms with E-state index in [9.17, 15) is 4.79 Å². The minimum atomic E-state index is -0.0725. The molecule has 0 bridgehead atoms. The van der Waals surface area contributed by atoms with E-state index < -0.39 is 0 Å². The van der Waals surface area contributed by atoms with Gasteiger partial charge in [-0.3, -0.25) is 4.79 Å². The molecule has 3 nitrogen and oxygen atoms in total. The van der Waals surface area contributed by atoms with Crippen LogP contribution in [0.1, 0.15) is 15.9 Å². The summed E-state index contributed by atoms with van der Waals surface area (Å²) in [7, 11) is 1.59. The Morgan fingerprint density at radius 3 is 2.38 bits per heavy atom. The summed E-state index contributed by atoms with van der Waals surface area (Å²) in [6.45, 7) is 2.98. The molecule has 0 N–H and O–H groups in total. The molecule has 0 aliphatic rings. The molecular formula is C17H17Cl2LiO3P. The Morgan fingerprint density at radius 1 is 1.12 bits per heavy atom. The summed E-state index contributed by atoms with van der Waals surface area (Å²) in [6, 6.07) is 10.7. The van der Waals surface area contributed by atoms with Crippen LogP contribution in [0.25, 0.3) is 0 Å². The van der Waals surface area contributed by atoms with Gasteiger partial charge in [-0.25, -0.2) is 0 Å². The Hall–Kier alpha value is -0.523. The minimum Gasteiger partial charge on any atom is -0.491 e. The van der Waals surface area contributed by atoms with E-state index in [1.165, 1.54) is 0 Å². The predicted octanol–water partition coefficient (Wildman–Crippen LogP) is 4.09. The van der Waals surface area contributed by atoms with Crippen molar-refractivity contribution < 1.29 is 14.3 Å². The first-order chi connectivity index (χ1) is 11.0. The summed E-state index contributed by atoms with van der Waals surface area (Å²) in [4.78, 5) is 12.5. The second-order valence-electron chi connectivity index (χ2n) is 4.87. The quantitative estimate of drug-likeness (QED) is 0.414. The molecule has 0 saturated carbocycles. The van der Waals surface area contributed by atoms with Crippen LogP contribution in [0.5, 0.6) is 5.75 Å². The Kier molecular flexibility index (Phi) is 9.38. The number of hydrogen-bond donors (Lipinski definition) is 0. The molecule has 2 rings (SSSR count). The number of benzene rings is 2. The third-order valence-corrected chi connectivity index (χ3v) is 5.13. The van der Waals surface area contributed by atoms with Gasteiger partial charge in [-0.1, -0.05) is 35.3 Å². The second kappa shape index (κ2) is 10.5. The first-order valence-corrected chi connectivity index (χ1v) is 8.76. The van der Waals surface area contributed by atoms with E-state index in [4.69, 9.17) is 32.7 Å². The number of hydrogen-bond acceptors (Lipinski definition) is 3. The maximum Gasteiger partial charge on any atom is 0.188 e. The number of carbonyl (C=O) groups is 1. The van der Waals surface area contributed by atoms with Gasteiger partial charge in [-0.05, 0) is 50.6 Å². The van der Waals surface area contributed by atoms with Gasteiger partial charge in [0.2, 0.25) is 0 Å². The van der Waals surface area contributed by atoms with Crippen LogP contribution in [0.15, 0.2) is 36.4 Å². The van der Waals surface area contributed by atoms with Gasteiger partial charge in [0.1, 0.15) is 12.4 Å². The van der Waals surface area contributed by atoms with Crippen molar-refractivity contribution in [3.63, 3.8) is 0 Å². The van der Waals surface area contributed by atoms with Gasteiger partial charge in [0.05, 0.1) is 22.2 Å². The number of carbonyl (C=O) groups excluding carboxylic acids is 1. The third kappa shape index (κ3) is 5.78. The van der Waals surface area contributed by atoms with Crippen molar-refractivity contribution in [2.24, 2.45) is 0 Å². The molecular weight excluding hydrogens is 361 g/mol. The van der Waals surface area contributed by atoms with Crippen LogP contribution in [-0.2, 0) is 4.74 Å². The number of aryl methyl sites for hydroxylation is 1. The van der Waals surface area contributed by atoms with E-state index in [0.717, 1.165) is 16.6 Å². The van der Waals surface area contributed by atoms with E-state index >= 15 is 0 Å². The largest absolute Gasteiger partial charge is 0.491 e. The average Bonchev–Trinajstić information content (AvgIpc) is 2.50. The molecule has 24 heavy (non-hydrogen) atoms. The summed E-state index contributed by atoms with van der Waals surface area (Å²) >= 11 is 12.2. The van der Waals surface area contributed by atoms with Crippen molar-refractivity contribution in [3.05, 3.63) is 57.6 Å². The van der Waals surface area contributed by atoms with E-state index in [1.54, 1.807) is 25.3 Å². The predicted molar refractivity (Wildman–Crippen MR) is 103 cm³/mol. The Labute approximate surface area is 166 Å². The molecule has 0 amide bonds. The zero-order valence-corrected chi connectivity index (χ0v) is 16.4. The zero-order chi connectivity index (χ0) is 16.8. The van der Waals surface area contributed by atoms with E-state index in [2.05, 4.69) is 0 Å². The third-order valence-electron chi connectivity index (χ3n) is 3.19. The molecule has 2 aromatic carbocycles. The fourth-order valence-electron chi connectivity index (χ4n) is 2.01. The molecule has 0 aliphatic carbocycles. The van der Waals surface area contributed by atoms with Crippen LogP contribution >= 0.6 is 31.8 Å². The molecule has 0 heterocycles. The first kappa shape index (κ1) is 21.5. The van der Waals surface area contributed by atoms with Crippen LogP contribution < -0.4 is 10.0 Å². The molecule has 1 unspecified atom stereocenters. The summed E-state index contributed by atoms with van der Waals surface area (Å²) in [5.41, 5.74) is 1.31. The maximum absolute atomic E-state index is 12.5. The van der Waals surface area contributed by atoms with Crippen molar-refractivity contribution in [1.82, 2.24) is 0 Å². The van der Waals surface area contributed by atoms with Gasteiger partial charge < -0.3 is 9.47 Å². The molecule has 2 aromatic rings. The van der Waals surface area contributed by atoms with Gasteiger partial charge in [0.15, 0.2) is 5.52 Å². The summed E-state index contributed by atoms with van der Waals surface area (Å²) in [5.74, 6) is 0.760. The first-order valence-electron chi connectivity index (χ1n) is 7.00. The standard InChI is InChI=1S/C17H17Cl2O3P.Li/c1-11-10-12(22-9-8-21-2)6-7-15(11)23-17(20)16-13(18)4-3-5-14(16)19;/h3-7,10,23H,8-9H2,1-2H3;. The number of halogens is 2. The SMILES string of the molecule is COCCOc1ccc(PC(=O)c2c(Cl)cccc2Cl)c(C)c1.[Li]. The molecule has 0 aromatic heterocycles. The van der Waals surface area contributed by atoms with Crippen LogP contribution in [0.2, 0.25) is 10.0 Å². The van der Waals surface area contributed by atoms with Crippen LogP contribution in [-0.4, -0.2) is 44.7 Å². The summed E-state index contributed by atoms with van der Waals surface area (Å²) in [5, 5.41) is 1.71. The molecule has 0 saturated heterocycles. The number of methoxy groups -OCH3 is 1. The van der Waals surface area contributed by atoms with E-state index in [1.807, 2.05) is 25.1 Å². The second-order valence-corrected chi connectivity index (χ2v) is 6.93. The Balaban J connectivity index is 0.00000288. The number of rotatable bonds is 7. The monoisotopic (exact) mass is 377 g/mol. The molecule has 123 valence electrons.